The summed E-state index contributed by atoms with van der Waals surface area (Å²) in [6.45, 7) is 3.81. The van der Waals surface area contributed by atoms with Gasteiger partial charge < -0.3 is 5.32 Å². The van der Waals surface area contributed by atoms with Gasteiger partial charge in [-0.1, -0.05) is 54.1 Å². The SMILES string of the molecule is C=CCc1c(NC(=O)Cc2ccc(Cl)cc2)ncc2ccccc12. The van der Waals surface area contributed by atoms with Crippen LogP contribution in [0.1, 0.15) is 11.1 Å². The summed E-state index contributed by atoms with van der Waals surface area (Å²) in [6.07, 6.45) is 4.52. The monoisotopic (exact) mass is 336 g/mol. The molecule has 1 N–H and O–H groups in total. The van der Waals surface area contributed by atoms with Crippen LogP contribution in [-0.4, -0.2) is 10.9 Å². The lowest BCUT2D eigenvalue weighted by Gasteiger charge is -2.12. The van der Waals surface area contributed by atoms with Crippen LogP contribution in [0, 0.1) is 0 Å². The zero-order valence-corrected chi connectivity index (χ0v) is 13.9. The first-order valence-electron chi connectivity index (χ1n) is 7.69. The molecule has 1 amide bonds. The van der Waals surface area contributed by atoms with Gasteiger partial charge in [0.25, 0.3) is 0 Å². The van der Waals surface area contributed by atoms with Crippen molar-refractivity contribution in [3.63, 3.8) is 0 Å². The van der Waals surface area contributed by atoms with Crippen molar-refractivity contribution in [3.05, 3.63) is 83.5 Å². The van der Waals surface area contributed by atoms with Crippen LogP contribution in [0.25, 0.3) is 10.8 Å². The van der Waals surface area contributed by atoms with Crippen molar-refractivity contribution in [2.24, 2.45) is 0 Å². The Labute approximate surface area is 146 Å². The third-order valence-electron chi connectivity index (χ3n) is 3.79. The van der Waals surface area contributed by atoms with E-state index in [1.807, 2.05) is 42.5 Å². The molecule has 0 spiro atoms. The highest BCUT2D eigenvalue weighted by Gasteiger charge is 2.11. The maximum atomic E-state index is 12.3. The van der Waals surface area contributed by atoms with Gasteiger partial charge in [0, 0.05) is 22.2 Å². The summed E-state index contributed by atoms with van der Waals surface area (Å²) in [5.74, 6) is 0.484. The van der Waals surface area contributed by atoms with Gasteiger partial charge in [0.1, 0.15) is 5.82 Å². The fourth-order valence-corrected chi connectivity index (χ4v) is 2.77. The Morgan fingerprint density at radius 2 is 1.92 bits per heavy atom. The molecule has 3 aromatic rings. The van der Waals surface area contributed by atoms with Crippen molar-refractivity contribution in [2.75, 3.05) is 5.32 Å². The quantitative estimate of drug-likeness (QED) is 0.680. The highest BCUT2D eigenvalue weighted by molar-refractivity contribution is 6.30. The van der Waals surface area contributed by atoms with Crippen molar-refractivity contribution >= 4 is 34.1 Å². The molecular formula is C20H17ClN2O. The zero-order valence-electron chi connectivity index (χ0n) is 13.1. The van der Waals surface area contributed by atoms with E-state index in [4.69, 9.17) is 11.6 Å². The number of fused-ring (bicyclic) bond motifs is 1. The number of anilines is 1. The van der Waals surface area contributed by atoms with Crippen LogP contribution < -0.4 is 5.32 Å². The summed E-state index contributed by atoms with van der Waals surface area (Å²) >= 11 is 5.87. The fourth-order valence-electron chi connectivity index (χ4n) is 2.65. The Balaban J connectivity index is 1.85. The Kier molecular flexibility index (Phi) is 4.92. The van der Waals surface area contributed by atoms with E-state index < -0.39 is 0 Å². The third kappa shape index (κ3) is 3.63. The minimum atomic E-state index is -0.106. The highest BCUT2D eigenvalue weighted by Crippen LogP contribution is 2.25. The Hall–Kier alpha value is -2.65. The van der Waals surface area contributed by atoms with Crippen LogP contribution in [-0.2, 0) is 17.6 Å². The second-order valence-corrected chi connectivity index (χ2v) is 5.95. The molecule has 3 nitrogen and oxygen atoms in total. The molecule has 2 aromatic carbocycles. The van der Waals surface area contributed by atoms with E-state index in [-0.39, 0.29) is 12.3 Å². The molecule has 0 atom stereocenters. The Morgan fingerprint density at radius 1 is 1.17 bits per heavy atom. The minimum Gasteiger partial charge on any atom is -0.310 e. The normalized spacial score (nSPS) is 10.5. The summed E-state index contributed by atoms with van der Waals surface area (Å²) in [4.78, 5) is 16.8. The number of nitrogens with zero attached hydrogens (tertiary/aromatic N) is 1. The van der Waals surface area contributed by atoms with Gasteiger partial charge in [-0.2, -0.15) is 0 Å². The number of amides is 1. The van der Waals surface area contributed by atoms with Gasteiger partial charge in [0.15, 0.2) is 0 Å². The van der Waals surface area contributed by atoms with Gasteiger partial charge in [-0.3, -0.25) is 4.79 Å². The molecule has 0 aliphatic carbocycles. The summed E-state index contributed by atoms with van der Waals surface area (Å²) in [5, 5.41) is 5.70. The lowest BCUT2D eigenvalue weighted by atomic mass is 10.0. The molecule has 0 bridgehead atoms. The van der Waals surface area contributed by atoms with Gasteiger partial charge in [-0.25, -0.2) is 4.98 Å². The first kappa shape index (κ1) is 16.2. The third-order valence-corrected chi connectivity index (χ3v) is 4.04. The van der Waals surface area contributed by atoms with Crippen LogP contribution in [0.15, 0.2) is 67.4 Å². The van der Waals surface area contributed by atoms with E-state index in [9.17, 15) is 4.79 Å². The van der Waals surface area contributed by atoms with Gasteiger partial charge in [-0.05, 0) is 29.5 Å². The van der Waals surface area contributed by atoms with Crippen molar-refractivity contribution < 1.29 is 4.79 Å². The standard InChI is InChI=1S/C20H17ClN2O/c1-2-5-18-17-7-4-3-6-15(17)13-22-20(18)23-19(24)12-14-8-10-16(21)11-9-14/h2-4,6-11,13H,1,5,12H2,(H,22,23,24). The molecule has 3 rings (SSSR count). The van der Waals surface area contributed by atoms with E-state index in [2.05, 4.69) is 16.9 Å². The van der Waals surface area contributed by atoms with Crippen molar-refractivity contribution in [2.45, 2.75) is 12.8 Å². The number of carbonyl (C=O) groups excluding carboxylic acids is 1. The molecule has 0 saturated carbocycles. The number of carbonyl (C=O) groups is 1. The molecule has 0 unspecified atom stereocenters. The molecule has 4 heteroatoms. The number of halogens is 1. The summed E-state index contributed by atoms with van der Waals surface area (Å²) in [5.41, 5.74) is 1.88. The van der Waals surface area contributed by atoms with Gasteiger partial charge >= 0.3 is 0 Å². The van der Waals surface area contributed by atoms with E-state index >= 15 is 0 Å². The number of allylic oxidation sites excluding steroid dienone is 1. The molecule has 120 valence electrons. The lowest BCUT2D eigenvalue weighted by molar-refractivity contribution is -0.115. The fraction of sp³-hybridized carbons (Fsp3) is 0.100. The number of rotatable bonds is 5. The molecule has 0 aliphatic rings. The number of nitrogens with one attached hydrogen (secondary N) is 1. The maximum absolute atomic E-state index is 12.3. The van der Waals surface area contributed by atoms with Crippen LogP contribution in [0.3, 0.4) is 0 Å². The summed E-state index contributed by atoms with van der Waals surface area (Å²) in [6, 6.07) is 15.2. The largest absolute Gasteiger partial charge is 0.310 e. The van der Waals surface area contributed by atoms with Crippen LogP contribution in [0.4, 0.5) is 5.82 Å². The molecular weight excluding hydrogens is 320 g/mol. The first-order valence-corrected chi connectivity index (χ1v) is 8.07. The average Bonchev–Trinajstić information content (AvgIpc) is 2.59. The predicted molar refractivity (Wildman–Crippen MR) is 99.4 cm³/mol. The number of hydrogen-bond acceptors (Lipinski definition) is 2. The van der Waals surface area contributed by atoms with Crippen molar-refractivity contribution in [1.82, 2.24) is 4.98 Å². The van der Waals surface area contributed by atoms with E-state index in [0.29, 0.717) is 17.3 Å². The molecule has 0 aliphatic heterocycles. The van der Waals surface area contributed by atoms with Gasteiger partial charge in [0.2, 0.25) is 5.91 Å². The molecule has 0 fully saturated rings. The topological polar surface area (TPSA) is 42.0 Å². The molecule has 1 heterocycles. The summed E-state index contributed by atoms with van der Waals surface area (Å²) < 4.78 is 0. The second-order valence-electron chi connectivity index (χ2n) is 5.52. The molecule has 0 saturated heterocycles. The molecule has 1 aromatic heterocycles. The minimum absolute atomic E-state index is 0.106. The average molecular weight is 337 g/mol. The van der Waals surface area contributed by atoms with Crippen LogP contribution >= 0.6 is 11.6 Å². The molecule has 24 heavy (non-hydrogen) atoms. The molecule has 0 radical (unpaired) electrons. The lowest BCUT2D eigenvalue weighted by Crippen LogP contribution is -2.16. The number of aromatic nitrogens is 1. The van der Waals surface area contributed by atoms with Crippen LogP contribution in [0.5, 0.6) is 0 Å². The zero-order chi connectivity index (χ0) is 16.9. The second kappa shape index (κ2) is 7.28. The number of benzene rings is 2. The van der Waals surface area contributed by atoms with E-state index in [1.54, 1.807) is 18.3 Å². The van der Waals surface area contributed by atoms with Crippen LogP contribution in [0.2, 0.25) is 5.02 Å². The maximum Gasteiger partial charge on any atom is 0.229 e. The van der Waals surface area contributed by atoms with Gasteiger partial charge in [-0.15, -0.1) is 6.58 Å². The van der Waals surface area contributed by atoms with Crippen molar-refractivity contribution in [1.29, 1.82) is 0 Å². The number of pyridine rings is 1. The smallest absolute Gasteiger partial charge is 0.229 e. The first-order chi connectivity index (χ1) is 11.7. The van der Waals surface area contributed by atoms with Crippen molar-refractivity contribution in [3.8, 4) is 0 Å². The highest BCUT2D eigenvalue weighted by atomic mass is 35.5. The Morgan fingerprint density at radius 3 is 2.67 bits per heavy atom. The van der Waals surface area contributed by atoms with E-state index in [0.717, 1.165) is 21.9 Å². The predicted octanol–water partition coefficient (Wildman–Crippen LogP) is 4.80. The van der Waals surface area contributed by atoms with Gasteiger partial charge in [0.05, 0.1) is 6.42 Å². The van der Waals surface area contributed by atoms with E-state index in [1.165, 1.54) is 0 Å². The summed E-state index contributed by atoms with van der Waals surface area (Å²) in [7, 11) is 0. The number of hydrogen-bond donors (Lipinski definition) is 1. The Bertz CT molecular complexity index is 888.